The fraction of sp³-hybridized carbons (Fsp3) is 0.667. The molecule has 0 bridgehead atoms. The zero-order chi connectivity index (χ0) is 14.7. The van der Waals surface area contributed by atoms with Gasteiger partial charge in [-0.25, -0.2) is 0 Å². The Morgan fingerprint density at radius 1 is 1.30 bits per heavy atom. The van der Waals surface area contributed by atoms with Crippen LogP contribution in [0.1, 0.15) is 55.3 Å². The normalized spacial score (nSPS) is 23.9. The Balaban J connectivity index is 2.30. The first-order valence-electron chi connectivity index (χ1n) is 7.93. The fourth-order valence-electron chi connectivity index (χ4n) is 3.76. The average molecular weight is 275 g/mol. The molecule has 0 radical (unpaired) electrons. The van der Waals surface area contributed by atoms with E-state index in [1.54, 1.807) is 7.11 Å². The number of rotatable bonds is 5. The van der Waals surface area contributed by atoms with Crippen LogP contribution in [0, 0.1) is 25.7 Å². The summed E-state index contributed by atoms with van der Waals surface area (Å²) in [6, 6.07) is 4.89. The van der Waals surface area contributed by atoms with Crippen LogP contribution in [0.15, 0.2) is 12.1 Å². The molecular formula is C18H29NO. The molecule has 0 aromatic heterocycles. The number of hydrogen-bond donors (Lipinski definition) is 1. The van der Waals surface area contributed by atoms with Crippen LogP contribution in [-0.4, -0.2) is 14.2 Å². The fourth-order valence-corrected chi connectivity index (χ4v) is 3.76. The van der Waals surface area contributed by atoms with Gasteiger partial charge >= 0.3 is 0 Å². The third-order valence-corrected chi connectivity index (χ3v) is 5.19. The van der Waals surface area contributed by atoms with Crippen molar-refractivity contribution in [3.63, 3.8) is 0 Å². The molecule has 3 atom stereocenters. The number of methoxy groups -OCH3 is 1. The number of aryl methyl sites for hydroxylation is 1. The number of ether oxygens (including phenoxy) is 1. The lowest BCUT2D eigenvalue weighted by molar-refractivity contribution is 0.348. The molecule has 0 aliphatic heterocycles. The Morgan fingerprint density at radius 3 is 2.60 bits per heavy atom. The van der Waals surface area contributed by atoms with E-state index >= 15 is 0 Å². The maximum atomic E-state index is 5.71. The lowest BCUT2D eigenvalue weighted by Crippen LogP contribution is -2.24. The van der Waals surface area contributed by atoms with E-state index in [1.165, 1.54) is 42.4 Å². The van der Waals surface area contributed by atoms with Gasteiger partial charge in [-0.15, -0.1) is 0 Å². The summed E-state index contributed by atoms with van der Waals surface area (Å²) in [5.74, 6) is 2.72. The number of nitrogens with one attached hydrogen (secondary N) is 1. The SMILES string of the molecule is CCC1CCC(C(NC)c2ccc(C)c(C)c2OC)C1. The molecule has 1 N–H and O–H groups in total. The van der Waals surface area contributed by atoms with E-state index in [-0.39, 0.29) is 0 Å². The van der Waals surface area contributed by atoms with Crippen LogP contribution in [0.3, 0.4) is 0 Å². The molecular weight excluding hydrogens is 246 g/mol. The zero-order valence-electron chi connectivity index (χ0n) is 13.6. The van der Waals surface area contributed by atoms with Gasteiger partial charge < -0.3 is 10.1 Å². The van der Waals surface area contributed by atoms with E-state index in [2.05, 4.69) is 45.3 Å². The average Bonchev–Trinajstić information content (AvgIpc) is 2.92. The first-order chi connectivity index (χ1) is 9.62. The molecule has 2 heteroatoms. The van der Waals surface area contributed by atoms with Crippen LogP contribution in [0.4, 0.5) is 0 Å². The summed E-state index contributed by atoms with van der Waals surface area (Å²) >= 11 is 0. The predicted octanol–water partition coefficient (Wildman–Crippen LogP) is 4.40. The van der Waals surface area contributed by atoms with Crippen molar-refractivity contribution in [1.29, 1.82) is 0 Å². The highest BCUT2D eigenvalue weighted by molar-refractivity contribution is 5.47. The zero-order valence-corrected chi connectivity index (χ0v) is 13.6. The van der Waals surface area contributed by atoms with Gasteiger partial charge in [-0.2, -0.15) is 0 Å². The lowest BCUT2D eigenvalue weighted by Gasteiger charge is -2.27. The van der Waals surface area contributed by atoms with Crippen molar-refractivity contribution >= 4 is 0 Å². The Labute approximate surface area is 123 Å². The molecule has 2 nitrogen and oxygen atoms in total. The minimum Gasteiger partial charge on any atom is -0.496 e. The Morgan fingerprint density at radius 2 is 2.05 bits per heavy atom. The lowest BCUT2D eigenvalue weighted by atomic mass is 9.88. The van der Waals surface area contributed by atoms with Crippen molar-refractivity contribution in [1.82, 2.24) is 5.32 Å². The van der Waals surface area contributed by atoms with Gasteiger partial charge in [0.2, 0.25) is 0 Å². The maximum Gasteiger partial charge on any atom is 0.126 e. The summed E-state index contributed by atoms with van der Waals surface area (Å²) in [5, 5.41) is 3.55. The molecule has 0 spiro atoms. The molecule has 1 aliphatic carbocycles. The van der Waals surface area contributed by atoms with Crippen LogP contribution < -0.4 is 10.1 Å². The topological polar surface area (TPSA) is 21.3 Å². The molecule has 1 aromatic rings. The second-order valence-corrected chi connectivity index (χ2v) is 6.24. The van der Waals surface area contributed by atoms with Crippen LogP contribution in [0.25, 0.3) is 0 Å². The van der Waals surface area contributed by atoms with Crippen molar-refractivity contribution in [2.45, 2.75) is 52.5 Å². The minimum atomic E-state index is 0.417. The highest BCUT2D eigenvalue weighted by Crippen LogP contribution is 2.43. The van der Waals surface area contributed by atoms with Crippen LogP contribution in [0.2, 0.25) is 0 Å². The number of hydrogen-bond acceptors (Lipinski definition) is 2. The molecule has 0 amide bonds. The highest BCUT2D eigenvalue weighted by Gasteiger charge is 2.31. The number of benzene rings is 1. The van der Waals surface area contributed by atoms with Crippen molar-refractivity contribution < 1.29 is 4.74 Å². The van der Waals surface area contributed by atoms with Crippen LogP contribution >= 0.6 is 0 Å². The minimum absolute atomic E-state index is 0.417. The summed E-state index contributed by atoms with van der Waals surface area (Å²) in [6.07, 6.45) is 5.38. The van der Waals surface area contributed by atoms with E-state index in [9.17, 15) is 0 Å². The summed E-state index contributed by atoms with van der Waals surface area (Å²) in [5.41, 5.74) is 3.91. The van der Waals surface area contributed by atoms with Gasteiger partial charge in [0.1, 0.15) is 5.75 Å². The largest absolute Gasteiger partial charge is 0.496 e. The summed E-state index contributed by atoms with van der Waals surface area (Å²) < 4.78 is 5.71. The molecule has 1 aliphatic rings. The van der Waals surface area contributed by atoms with E-state index in [4.69, 9.17) is 4.74 Å². The first kappa shape index (κ1) is 15.4. The Hall–Kier alpha value is -1.02. The van der Waals surface area contributed by atoms with E-state index < -0.39 is 0 Å². The molecule has 0 saturated heterocycles. The quantitative estimate of drug-likeness (QED) is 0.860. The van der Waals surface area contributed by atoms with Gasteiger partial charge in [0.05, 0.1) is 7.11 Å². The van der Waals surface area contributed by atoms with E-state index in [0.29, 0.717) is 6.04 Å². The Bertz CT molecular complexity index is 455. The first-order valence-corrected chi connectivity index (χ1v) is 7.93. The van der Waals surface area contributed by atoms with E-state index in [0.717, 1.165) is 17.6 Å². The molecule has 1 saturated carbocycles. The highest BCUT2D eigenvalue weighted by atomic mass is 16.5. The molecule has 112 valence electrons. The monoisotopic (exact) mass is 275 g/mol. The van der Waals surface area contributed by atoms with Crippen LogP contribution in [-0.2, 0) is 0 Å². The molecule has 0 heterocycles. The van der Waals surface area contributed by atoms with Gasteiger partial charge in [0.15, 0.2) is 0 Å². The van der Waals surface area contributed by atoms with Gasteiger partial charge in [0.25, 0.3) is 0 Å². The van der Waals surface area contributed by atoms with Crippen LogP contribution in [0.5, 0.6) is 5.75 Å². The second kappa shape index (κ2) is 6.62. The third kappa shape index (κ3) is 2.85. The van der Waals surface area contributed by atoms with E-state index in [1.807, 2.05) is 0 Å². The smallest absolute Gasteiger partial charge is 0.126 e. The molecule has 2 rings (SSSR count). The molecule has 20 heavy (non-hydrogen) atoms. The van der Waals surface area contributed by atoms with Gasteiger partial charge in [0, 0.05) is 11.6 Å². The molecule has 1 fully saturated rings. The molecule has 1 aromatic carbocycles. The maximum absolute atomic E-state index is 5.71. The molecule has 3 unspecified atom stereocenters. The second-order valence-electron chi connectivity index (χ2n) is 6.24. The summed E-state index contributed by atoms with van der Waals surface area (Å²) in [6.45, 7) is 6.63. The summed E-state index contributed by atoms with van der Waals surface area (Å²) in [4.78, 5) is 0. The van der Waals surface area contributed by atoms with Crippen molar-refractivity contribution in [3.8, 4) is 5.75 Å². The van der Waals surface area contributed by atoms with Crippen molar-refractivity contribution in [2.75, 3.05) is 14.2 Å². The summed E-state index contributed by atoms with van der Waals surface area (Å²) in [7, 11) is 3.88. The third-order valence-electron chi connectivity index (χ3n) is 5.19. The van der Waals surface area contributed by atoms with Crippen molar-refractivity contribution in [2.24, 2.45) is 11.8 Å². The standard InChI is InChI=1S/C18H29NO/c1-6-14-8-9-15(11-14)17(19-4)16-10-7-12(2)13(3)18(16)20-5/h7,10,14-15,17,19H,6,8-9,11H2,1-5H3. The van der Waals surface area contributed by atoms with Crippen molar-refractivity contribution in [3.05, 3.63) is 28.8 Å². The predicted molar refractivity (Wildman–Crippen MR) is 85.4 cm³/mol. The van der Waals surface area contributed by atoms with Gasteiger partial charge in [-0.05, 0) is 56.7 Å². The Kier molecular flexibility index (Phi) is 5.09. The van der Waals surface area contributed by atoms with Gasteiger partial charge in [-0.1, -0.05) is 31.9 Å². The van der Waals surface area contributed by atoms with Gasteiger partial charge in [-0.3, -0.25) is 0 Å².